The van der Waals surface area contributed by atoms with Crippen LogP contribution in [0, 0.1) is 5.92 Å². The molecule has 0 aromatic heterocycles. The molecule has 0 aliphatic heterocycles. The average Bonchev–Trinajstić information content (AvgIpc) is 2.16. The lowest BCUT2D eigenvalue weighted by Gasteiger charge is -2.33. The fourth-order valence-corrected chi connectivity index (χ4v) is 1.89. The zero-order valence-corrected chi connectivity index (χ0v) is 8.28. The summed E-state index contributed by atoms with van der Waals surface area (Å²) in [5, 5.41) is 0. The van der Waals surface area contributed by atoms with Crippen molar-refractivity contribution in [1.82, 2.24) is 0 Å². The van der Waals surface area contributed by atoms with E-state index >= 15 is 0 Å². The summed E-state index contributed by atoms with van der Waals surface area (Å²) >= 11 is 0. The summed E-state index contributed by atoms with van der Waals surface area (Å²) in [5.74, 6) is -6.16. The Bertz CT molecular complexity index is 205. The standard InChI is InChI=1S/C9H13F5O/c1-15-7-4-2-6(3-5-7)8(10,11)9(12,13)14/h6-7H,2-5H2,1H3. The highest BCUT2D eigenvalue weighted by Crippen LogP contribution is 2.46. The summed E-state index contributed by atoms with van der Waals surface area (Å²) in [4.78, 5) is 0. The maximum absolute atomic E-state index is 12.9. The molecule has 90 valence electrons. The number of ether oxygens (including phenoxy) is 1. The smallest absolute Gasteiger partial charge is 0.381 e. The molecule has 1 aliphatic carbocycles. The fraction of sp³-hybridized carbons (Fsp3) is 1.00. The Morgan fingerprint density at radius 1 is 0.933 bits per heavy atom. The van der Waals surface area contributed by atoms with Gasteiger partial charge in [0.2, 0.25) is 0 Å². The van der Waals surface area contributed by atoms with Crippen LogP contribution in [0.1, 0.15) is 25.7 Å². The van der Waals surface area contributed by atoms with Gasteiger partial charge < -0.3 is 4.74 Å². The Morgan fingerprint density at radius 2 is 1.40 bits per heavy atom. The average molecular weight is 232 g/mol. The summed E-state index contributed by atoms with van der Waals surface area (Å²) in [6, 6.07) is 0. The zero-order chi connectivity index (χ0) is 11.7. The number of rotatable bonds is 2. The van der Waals surface area contributed by atoms with E-state index in [1.54, 1.807) is 0 Å². The fourth-order valence-electron chi connectivity index (χ4n) is 1.89. The SMILES string of the molecule is COC1CCC(C(F)(F)C(F)(F)F)CC1. The van der Waals surface area contributed by atoms with Crippen LogP contribution in [0.4, 0.5) is 22.0 Å². The van der Waals surface area contributed by atoms with Crippen LogP contribution >= 0.6 is 0 Å². The first-order valence-electron chi connectivity index (χ1n) is 4.76. The summed E-state index contributed by atoms with van der Waals surface area (Å²) in [6.45, 7) is 0. The summed E-state index contributed by atoms with van der Waals surface area (Å²) in [6.07, 6.45) is -5.34. The van der Waals surface area contributed by atoms with Gasteiger partial charge in [0.05, 0.1) is 6.10 Å². The molecule has 0 saturated heterocycles. The summed E-state index contributed by atoms with van der Waals surface area (Å²) in [7, 11) is 1.44. The Balaban J connectivity index is 2.60. The van der Waals surface area contributed by atoms with Gasteiger partial charge in [0.15, 0.2) is 0 Å². The van der Waals surface area contributed by atoms with E-state index in [0.717, 1.165) is 0 Å². The van der Waals surface area contributed by atoms with Crippen LogP contribution in [-0.2, 0) is 4.74 Å². The molecule has 0 atom stereocenters. The Morgan fingerprint density at radius 3 is 1.73 bits per heavy atom. The molecular weight excluding hydrogens is 219 g/mol. The van der Waals surface area contributed by atoms with E-state index in [1.807, 2.05) is 0 Å². The van der Waals surface area contributed by atoms with E-state index in [4.69, 9.17) is 4.74 Å². The first-order valence-corrected chi connectivity index (χ1v) is 4.76. The number of methoxy groups -OCH3 is 1. The third-order valence-electron chi connectivity index (χ3n) is 2.90. The lowest BCUT2D eigenvalue weighted by molar-refractivity contribution is -0.306. The predicted octanol–water partition coefficient (Wildman–Crippen LogP) is 3.39. The maximum Gasteiger partial charge on any atom is 0.453 e. The van der Waals surface area contributed by atoms with Crippen LogP contribution in [-0.4, -0.2) is 25.3 Å². The monoisotopic (exact) mass is 232 g/mol. The summed E-state index contributed by atoms with van der Waals surface area (Å²) < 4.78 is 66.7. The number of hydrogen-bond donors (Lipinski definition) is 0. The van der Waals surface area contributed by atoms with E-state index in [-0.39, 0.29) is 31.8 Å². The molecule has 1 aliphatic rings. The molecule has 1 rings (SSSR count). The minimum Gasteiger partial charge on any atom is -0.381 e. The Labute approximate surface area is 84.6 Å². The first kappa shape index (κ1) is 12.7. The molecule has 0 spiro atoms. The highest BCUT2D eigenvalue weighted by Gasteiger charge is 2.62. The normalized spacial score (nSPS) is 29.2. The van der Waals surface area contributed by atoms with Gasteiger partial charge in [-0.2, -0.15) is 22.0 Å². The van der Waals surface area contributed by atoms with Gasteiger partial charge in [-0.1, -0.05) is 0 Å². The molecule has 0 aromatic carbocycles. The van der Waals surface area contributed by atoms with E-state index in [0.29, 0.717) is 0 Å². The van der Waals surface area contributed by atoms with E-state index in [9.17, 15) is 22.0 Å². The largest absolute Gasteiger partial charge is 0.453 e. The molecule has 0 N–H and O–H groups in total. The van der Waals surface area contributed by atoms with Crippen molar-refractivity contribution < 1.29 is 26.7 Å². The van der Waals surface area contributed by atoms with Crippen molar-refractivity contribution in [3.05, 3.63) is 0 Å². The number of hydrogen-bond acceptors (Lipinski definition) is 1. The Kier molecular flexibility index (Phi) is 3.58. The second-order valence-electron chi connectivity index (χ2n) is 3.83. The lowest BCUT2D eigenvalue weighted by Crippen LogP contribution is -2.45. The second kappa shape index (κ2) is 4.23. The van der Waals surface area contributed by atoms with Gasteiger partial charge in [-0.05, 0) is 25.7 Å². The van der Waals surface area contributed by atoms with Crippen molar-refractivity contribution in [2.75, 3.05) is 7.11 Å². The molecule has 6 heteroatoms. The molecule has 1 nitrogen and oxygen atoms in total. The van der Waals surface area contributed by atoms with Gasteiger partial charge in [-0.25, -0.2) is 0 Å². The van der Waals surface area contributed by atoms with Gasteiger partial charge in [-0.3, -0.25) is 0 Å². The van der Waals surface area contributed by atoms with E-state index in [1.165, 1.54) is 7.11 Å². The first-order chi connectivity index (χ1) is 6.79. The molecule has 0 heterocycles. The van der Waals surface area contributed by atoms with E-state index in [2.05, 4.69) is 0 Å². The van der Waals surface area contributed by atoms with Crippen molar-refractivity contribution >= 4 is 0 Å². The van der Waals surface area contributed by atoms with Crippen LogP contribution in [0.3, 0.4) is 0 Å². The molecule has 0 bridgehead atoms. The highest BCUT2D eigenvalue weighted by atomic mass is 19.4. The van der Waals surface area contributed by atoms with Crippen LogP contribution in [0.2, 0.25) is 0 Å². The van der Waals surface area contributed by atoms with Crippen molar-refractivity contribution in [1.29, 1.82) is 0 Å². The Hall–Kier alpha value is -0.390. The third kappa shape index (κ3) is 2.59. The number of halogens is 5. The minimum absolute atomic E-state index is 0.134. The van der Waals surface area contributed by atoms with Crippen LogP contribution in [0.5, 0.6) is 0 Å². The highest BCUT2D eigenvalue weighted by molar-refractivity contribution is 4.87. The van der Waals surface area contributed by atoms with E-state index < -0.39 is 18.0 Å². The van der Waals surface area contributed by atoms with Crippen molar-refractivity contribution in [3.8, 4) is 0 Å². The maximum atomic E-state index is 12.9. The molecule has 15 heavy (non-hydrogen) atoms. The van der Waals surface area contributed by atoms with Gasteiger partial charge in [0.25, 0.3) is 0 Å². The van der Waals surface area contributed by atoms with Crippen LogP contribution in [0.15, 0.2) is 0 Å². The molecule has 0 aromatic rings. The van der Waals surface area contributed by atoms with Crippen molar-refractivity contribution in [2.24, 2.45) is 5.92 Å². The second-order valence-corrected chi connectivity index (χ2v) is 3.83. The van der Waals surface area contributed by atoms with Crippen molar-refractivity contribution in [2.45, 2.75) is 43.9 Å². The van der Waals surface area contributed by atoms with Crippen molar-refractivity contribution in [3.63, 3.8) is 0 Å². The molecule has 0 radical (unpaired) electrons. The quantitative estimate of drug-likeness (QED) is 0.663. The minimum atomic E-state index is -5.43. The predicted molar refractivity (Wildman–Crippen MR) is 43.8 cm³/mol. The topological polar surface area (TPSA) is 9.23 Å². The van der Waals surface area contributed by atoms with Crippen LogP contribution in [0.25, 0.3) is 0 Å². The van der Waals surface area contributed by atoms with Gasteiger partial charge in [0, 0.05) is 13.0 Å². The molecule has 0 unspecified atom stereocenters. The molecule has 1 saturated carbocycles. The third-order valence-corrected chi connectivity index (χ3v) is 2.90. The van der Waals surface area contributed by atoms with Gasteiger partial charge >= 0.3 is 12.1 Å². The van der Waals surface area contributed by atoms with Crippen LogP contribution < -0.4 is 0 Å². The summed E-state index contributed by atoms with van der Waals surface area (Å²) in [5.41, 5.74) is 0. The number of alkyl halides is 5. The van der Waals surface area contributed by atoms with Gasteiger partial charge in [0.1, 0.15) is 0 Å². The van der Waals surface area contributed by atoms with Gasteiger partial charge in [-0.15, -0.1) is 0 Å². The lowest BCUT2D eigenvalue weighted by atomic mass is 9.83. The molecule has 1 fully saturated rings. The zero-order valence-electron chi connectivity index (χ0n) is 8.28. The molecule has 0 amide bonds. The molecular formula is C9H13F5O.